The molecule has 1 rings (SSSR count). The van der Waals surface area contributed by atoms with Crippen molar-refractivity contribution in [2.24, 2.45) is 5.73 Å². The van der Waals surface area contributed by atoms with Crippen LogP contribution in [0.1, 0.15) is 0 Å². The van der Waals surface area contributed by atoms with Crippen molar-refractivity contribution < 1.29 is 10.2 Å². The number of aromatic hydroxyl groups is 2. The first-order valence-corrected chi connectivity index (χ1v) is 2.85. The van der Waals surface area contributed by atoms with Gasteiger partial charge in [-0.15, -0.1) is 0 Å². The van der Waals surface area contributed by atoms with E-state index in [0.29, 0.717) is 0 Å². The molecule has 0 aliphatic heterocycles. The highest BCUT2D eigenvalue weighted by Gasteiger charge is 1.90. The summed E-state index contributed by atoms with van der Waals surface area (Å²) < 4.78 is 0. The van der Waals surface area contributed by atoms with Crippen LogP contribution >= 0.6 is 0 Å². The Labute approximate surface area is 59.7 Å². The highest BCUT2D eigenvalue weighted by atomic mass is 16.3. The maximum atomic E-state index is 8.67. The van der Waals surface area contributed by atoms with E-state index in [2.05, 4.69) is 5.73 Å². The summed E-state index contributed by atoms with van der Waals surface area (Å²) in [4.78, 5) is 0. The number of nitrogens with two attached hydrogens (primary N) is 1. The van der Waals surface area contributed by atoms with Crippen LogP contribution in [0.4, 0.5) is 0 Å². The van der Waals surface area contributed by atoms with E-state index >= 15 is 0 Å². The van der Waals surface area contributed by atoms with Crippen molar-refractivity contribution in [3.63, 3.8) is 0 Å². The van der Waals surface area contributed by atoms with Crippen LogP contribution in [0.2, 0.25) is 0 Å². The van der Waals surface area contributed by atoms with Gasteiger partial charge in [0.25, 0.3) is 0 Å². The molecular formula is C7H11NO2. The van der Waals surface area contributed by atoms with Crippen LogP contribution in [-0.4, -0.2) is 17.3 Å². The Bertz CT molecular complexity index is 168. The molecule has 10 heavy (non-hydrogen) atoms. The summed E-state index contributed by atoms with van der Waals surface area (Å²) in [6.45, 7) is 0. The summed E-state index contributed by atoms with van der Waals surface area (Å²) in [5, 5.41) is 17.3. The molecule has 56 valence electrons. The van der Waals surface area contributed by atoms with Gasteiger partial charge in [0.1, 0.15) is 0 Å². The summed E-state index contributed by atoms with van der Waals surface area (Å²) in [6.07, 6.45) is 0. The van der Waals surface area contributed by atoms with Gasteiger partial charge >= 0.3 is 0 Å². The maximum Gasteiger partial charge on any atom is 0.157 e. The summed E-state index contributed by atoms with van der Waals surface area (Å²) in [5.74, 6) is -0.153. The number of rotatable bonds is 0. The summed E-state index contributed by atoms with van der Waals surface area (Å²) in [6, 6.07) is 6.15. The van der Waals surface area contributed by atoms with Crippen molar-refractivity contribution in [2.45, 2.75) is 0 Å². The van der Waals surface area contributed by atoms with Gasteiger partial charge in [0.15, 0.2) is 11.5 Å². The third-order valence-electron chi connectivity index (χ3n) is 0.882. The fourth-order valence-electron chi connectivity index (χ4n) is 0.464. The quantitative estimate of drug-likeness (QED) is 0.465. The Morgan fingerprint density at radius 2 is 1.30 bits per heavy atom. The number of hydrogen-bond donors (Lipinski definition) is 3. The molecule has 0 bridgehead atoms. The Morgan fingerprint density at radius 1 is 1.00 bits per heavy atom. The van der Waals surface area contributed by atoms with E-state index < -0.39 is 0 Å². The van der Waals surface area contributed by atoms with Crippen molar-refractivity contribution in [1.82, 2.24) is 0 Å². The fourth-order valence-corrected chi connectivity index (χ4v) is 0.464. The first kappa shape index (κ1) is 8.78. The van der Waals surface area contributed by atoms with Gasteiger partial charge < -0.3 is 15.9 Å². The number of para-hydroxylation sites is 2. The van der Waals surface area contributed by atoms with E-state index in [4.69, 9.17) is 10.2 Å². The molecule has 0 spiro atoms. The second kappa shape index (κ2) is 4.64. The highest BCUT2D eigenvalue weighted by molar-refractivity contribution is 5.36. The first-order chi connectivity index (χ1) is 4.80. The molecule has 0 saturated heterocycles. The normalized spacial score (nSPS) is 7.80. The summed E-state index contributed by atoms with van der Waals surface area (Å²) >= 11 is 0. The molecule has 3 heteroatoms. The zero-order chi connectivity index (χ0) is 7.98. The lowest BCUT2D eigenvalue weighted by Crippen LogP contribution is -1.69. The van der Waals surface area contributed by atoms with Crippen LogP contribution in [0.5, 0.6) is 11.5 Å². The maximum absolute atomic E-state index is 8.67. The van der Waals surface area contributed by atoms with E-state index in [1.807, 2.05) is 0 Å². The van der Waals surface area contributed by atoms with Crippen LogP contribution in [0, 0.1) is 0 Å². The molecule has 0 unspecified atom stereocenters. The van der Waals surface area contributed by atoms with Crippen molar-refractivity contribution in [3.05, 3.63) is 24.3 Å². The van der Waals surface area contributed by atoms with Gasteiger partial charge in [-0.05, 0) is 19.2 Å². The molecule has 0 radical (unpaired) electrons. The van der Waals surface area contributed by atoms with Crippen LogP contribution in [0.25, 0.3) is 0 Å². The smallest absolute Gasteiger partial charge is 0.157 e. The summed E-state index contributed by atoms with van der Waals surface area (Å²) in [5.41, 5.74) is 4.50. The second-order valence-corrected chi connectivity index (χ2v) is 1.49. The molecule has 4 N–H and O–H groups in total. The van der Waals surface area contributed by atoms with Crippen molar-refractivity contribution in [3.8, 4) is 11.5 Å². The lowest BCUT2D eigenvalue weighted by Gasteiger charge is -1.91. The van der Waals surface area contributed by atoms with Crippen molar-refractivity contribution in [2.75, 3.05) is 7.05 Å². The highest BCUT2D eigenvalue weighted by Crippen LogP contribution is 2.21. The van der Waals surface area contributed by atoms with Crippen LogP contribution < -0.4 is 5.73 Å². The second-order valence-electron chi connectivity index (χ2n) is 1.49. The van der Waals surface area contributed by atoms with Crippen molar-refractivity contribution >= 4 is 0 Å². The predicted molar refractivity (Wildman–Crippen MR) is 39.9 cm³/mol. The predicted octanol–water partition coefficient (Wildman–Crippen LogP) is 0.673. The van der Waals surface area contributed by atoms with Gasteiger partial charge in [-0.1, -0.05) is 12.1 Å². The molecule has 1 aromatic rings. The molecule has 0 saturated carbocycles. The number of hydrogen-bond acceptors (Lipinski definition) is 3. The minimum Gasteiger partial charge on any atom is -0.504 e. The molecule has 0 atom stereocenters. The summed E-state index contributed by atoms with van der Waals surface area (Å²) in [7, 11) is 1.50. The molecule has 0 fully saturated rings. The number of phenols is 2. The van der Waals surface area contributed by atoms with Crippen molar-refractivity contribution in [1.29, 1.82) is 0 Å². The topological polar surface area (TPSA) is 66.5 Å². The molecule has 0 aliphatic carbocycles. The third-order valence-corrected chi connectivity index (χ3v) is 0.882. The SMILES string of the molecule is CN.Oc1ccccc1O. The fraction of sp³-hybridized carbons (Fsp3) is 0.143. The Hall–Kier alpha value is -1.22. The minimum absolute atomic E-state index is 0.0764. The molecular weight excluding hydrogens is 130 g/mol. The van der Waals surface area contributed by atoms with E-state index in [9.17, 15) is 0 Å². The zero-order valence-electron chi connectivity index (χ0n) is 5.78. The molecule has 3 nitrogen and oxygen atoms in total. The molecule has 0 amide bonds. The van der Waals surface area contributed by atoms with E-state index in [0.717, 1.165) is 0 Å². The number of benzene rings is 1. The van der Waals surface area contributed by atoms with E-state index in [1.165, 1.54) is 19.2 Å². The van der Waals surface area contributed by atoms with Crippen LogP contribution in [0.15, 0.2) is 24.3 Å². The molecule has 0 aliphatic rings. The lowest BCUT2D eigenvalue weighted by molar-refractivity contribution is 0.404. The Kier molecular flexibility index (Phi) is 4.07. The minimum atomic E-state index is -0.0764. The zero-order valence-corrected chi connectivity index (χ0v) is 5.78. The van der Waals surface area contributed by atoms with Gasteiger partial charge in [0.05, 0.1) is 0 Å². The monoisotopic (exact) mass is 141 g/mol. The van der Waals surface area contributed by atoms with Crippen LogP contribution in [-0.2, 0) is 0 Å². The Balaban J connectivity index is 0.000000371. The lowest BCUT2D eigenvalue weighted by atomic mass is 10.3. The van der Waals surface area contributed by atoms with Gasteiger partial charge in [0.2, 0.25) is 0 Å². The van der Waals surface area contributed by atoms with E-state index in [-0.39, 0.29) is 11.5 Å². The van der Waals surface area contributed by atoms with E-state index in [1.54, 1.807) is 12.1 Å². The molecule has 0 aromatic heterocycles. The molecule has 1 aromatic carbocycles. The third kappa shape index (κ3) is 2.37. The van der Waals surface area contributed by atoms with Gasteiger partial charge in [-0.2, -0.15) is 0 Å². The van der Waals surface area contributed by atoms with Gasteiger partial charge in [0, 0.05) is 0 Å². The van der Waals surface area contributed by atoms with Crippen LogP contribution in [0.3, 0.4) is 0 Å². The number of phenolic OH excluding ortho intramolecular Hbond substituents is 2. The Morgan fingerprint density at radius 3 is 1.50 bits per heavy atom. The average Bonchev–Trinajstić information content (AvgIpc) is 2.00. The first-order valence-electron chi connectivity index (χ1n) is 2.85. The van der Waals surface area contributed by atoms with Gasteiger partial charge in [-0.25, -0.2) is 0 Å². The van der Waals surface area contributed by atoms with Gasteiger partial charge in [-0.3, -0.25) is 0 Å². The largest absolute Gasteiger partial charge is 0.504 e. The molecule has 0 heterocycles. The standard InChI is InChI=1S/C6H6O2.CH5N/c7-5-3-1-2-4-6(5)8;1-2/h1-4,7-8H;2H2,1H3. The average molecular weight is 141 g/mol.